The van der Waals surface area contributed by atoms with E-state index in [1.54, 1.807) is 7.05 Å². The fraction of sp³-hybridized carbons (Fsp3) is 0.545. The lowest BCUT2D eigenvalue weighted by molar-refractivity contribution is -0.116. The van der Waals surface area contributed by atoms with Crippen molar-refractivity contribution < 1.29 is 10.0 Å². The molecule has 7 nitrogen and oxygen atoms in total. The normalized spacial score (nSPS) is 11.6. The van der Waals surface area contributed by atoms with E-state index >= 15 is 0 Å². The van der Waals surface area contributed by atoms with Crippen molar-refractivity contribution in [2.75, 3.05) is 5.32 Å². The first-order valence-corrected chi connectivity index (χ1v) is 5.89. The predicted molar refractivity (Wildman–Crippen MR) is 68.5 cm³/mol. The summed E-state index contributed by atoms with van der Waals surface area (Å²) in [7, 11) is 1.68. The molecule has 4 N–H and O–H groups in total. The Hall–Kier alpha value is -2.05. The van der Waals surface area contributed by atoms with E-state index in [1.807, 2.05) is 0 Å². The van der Waals surface area contributed by atoms with Crippen LogP contribution in [0.15, 0.2) is 11.4 Å². The second-order valence-corrected chi connectivity index (χ2v) is 4.02. The molecule has 0 saturated carbocycles. The van der Waals surface area contributed by atoms with Crippen molar-refractivity contribution in [2.45, 2.75) is 32.6 Å². The molecule has 0 aliphatic heterocycles. The van der Waals surface area contributed by atoms with Gasteiger partial charge in [0, 0.05) is 13.5 Å². The number of nitrogens with zero attached hydrogens (tertiary/aromatic N) is 3. The van der Waals surface area contributed by atoms with Crippen molar-refractivity contribution in [3.8, 4) is 0 Å². The summed E-state index contributed by atoms with van der Waals surface area (Å²) in [5, 5.41) is 18.2. The minimum atomic E-state index is -0.0981. The summed E-state index contributed by atoms with van der Waals surface area (Å²) in [4.78, 5) is 11.7. The second kappa shape index (κ2) is 6.63. The molecule has 100 valence electrons. The Bertz CT molecular complexity index is 439. The van der Waals surface area contributed by atoms with Crippen LogP contribution in [-0.2, 0) is 11.8 Å². The van der Waals surface area contributed by atoms with Gasteiger partial charge in [0.05, 0.1) is 11.8 Å². The molecule has 0 aliphatic rings. The average Bonchev–Trinajstić information content (AvgIpc) is 2.71. The largest absolute Gasteiger partial charge is 0.409 e. The Morgan fingerprint density at radius 2 is 2.33 bits per heavy atom. The van der Waals surface area contributed by atoms with E-state index in [9.17, 15) is 4.79 Å². The maximum absolute atomic E-state index is 11.7. The fourth-order valence-electron chi connectivity index (χ4n) is 1.56. The molecule has 1 rings (SSSR count). The van der Waals surface area contributed by atoms with Gasteiger partial charge in [0.1, 0.15) is 5.82 Å². The van der Waals surface area contributed by atoms with Gasteiger partial charge in [-0.15, -0.1) is 0 Å². The number of nitrogens with two attached hydrogens (primary N) is 1. The van der Waals surface area contributed by atoms with Crippen LogP contribution in [0.3, 0.4) is 0 Å². The number of unbranched alkanes of at least 4 members (excludes halogenated alkanes) is 2. The van der Waals surface area contributed by atoms with Gasteiger partial charge in [-0.25, -0.2) is 0 Å². The third-order valence-corrected chi connectivity index (χ3v) is 2.59. The number of carbonyl (C=O) groups is 1. The molecular weight excluding hydrogens is 234 g/mol. The number of hydrogen-bond donors (Lipinski definition) is 3. The quantitative estimate of drug-likeness (QED) is 0.231. The first-order chi connectivity index (χ1) is 8.60. The zero-order chi connectivity index (χ0) is 13.5. The lowest BCUT2D eigenvalue weighted by Gasteiger charge is -2.07. The molecule has 18 heavy (non-hydrogen) atoms. The predicted octanol–water partition coefficient (Wildman–Crippen LogP) is 1.03. The summed E-state index contributed by atoms with van der Waals surface area (Å²) in [5.41, 5.74) is 5.91. The van der Waals surface area contributed by atoms with Crippen LogP contribution in [0, 0.1) is 0 Å². The molecular formula is C11H19N5O2. The van der Waals surface area contributed by atoms with Crippen LogP contribution >= 0.6 is 0 Å². The highest BCUT2D eigenvalue weighted by Crippen LogP contribution is 2.14. The molecule has 0 fully saturated rings. The number of amides is 1. The fourth-order valence-corrected chi connectivity index (χ4v) is 1.56. The number of hydrogen-bond acceptors (Lipinski definition) is 4. The van der Waals surface area contributed by atoms with Crippen molar-refractivity contribution in [1.82, 2.24) is 9.78 Å². The van der Waals surface area contributed by atoms with E-state index in [2.05, 4.69) is 22.5 Å². The van der Waals surface area contributed by atoms with E-state index in [0.717, 1.165) is 19.3 Å². The van der Waals surface area contributed by atoms with E-state index in [4.69, 9.17) is 10.9 Å². The molecule has 0 spiro atoms. The van der Waals surface area contributed by atoms with Crippen LogP contribution in [0.25, 0.3) is 0 Å². The van der Waals surface area contributed by atoms with E-state index in [-0.39, 0.29) is 11.7 Å². The van der Waals surface area contributed by atoms with Crippen molar-refractivity contribution >= 4 is 17.6 Å². The Morgan fingerprint density at radius 1 is 1.61 bits per heavy atom. The smallest absolute Gasteiger partial charge is 0.225 e. The van der Waals surface area contributed by atoms with Crippen LogP contribution in [0.1, 0.15) is 38.2 Å². The summed E-state index contributed by atoms with van der Waals surface area (Å²) in [6.07, 6.45) is 4.82. The zero-order valence-electron chi connectivity index (χ0n) is 10.7. The third kappa shape index (κ3) is 3.47. The van der Waals surface area contributed by atoms with Gasteiger partial charge in [0.15, 0.2) is 5.84 Å². The standard InChI is InChI=1S/C11H19N5O2/c1-3-4-5-6-9(17)14-11-8(10(12)15-18)7-13-16(11)2/h7,18H,3-6H2,1-2H3,(H2,12,15)(H,14,17). The van der Waals surface area contributed by atoms with Crippen molar-refractivity contribution in [1.29, 1.82) is 0 Å². The number of nitrogens with one attached hydrogen (secondary N) is 1. The molecule has 1 aromatic rings. The highest BCUT2D eigenvalue weighted by atomic mass is 16.4. The lowest BCUT2D eigenvalue weighted by atomic mass is 10.2. The molecule has 0 aromatic carbocycles. The zero-order valence-corrected chi connectivity index (χ0v) is 10.7. The minimum absolute atomic E-state index is 0.0769. The number of rotatable bonds is 6. The number of anilines is 1. The first kappa shape index (κ1) is 14.0. The van der Waals surface area contributed by atoms with Gasteiger partial charge < -0.3 is 16.3 Å². The summed E-state index contributed by atoms with van der Waals surface area (Å²) in [5.74, 6) is 0.262. The van der Waals surface area contributed by atoms with Gasteiger partial charge in [0.2, 0.25) is 5.91 Å². The Balaban J connectivity index is 2.72. The van der Waals surface area contributed by atoms with Gasteiger partial charge in [-0.3, -0.25) is 9.48 Å². The van der Waals surface area contributed by atoms with Crippen molar-refractivity contribution in [3.05, 3.63) is 11.8 Å². The highest BCUT2D eigenvalue weighted by molar-refractivity contribution is 6.04. The Labute approximate surface area is 106 Å². The van der Waals surface area contributed by atoms with Crippen LogP contribution in [0.5, 0.6) is 0 Å². The molecule has 0 saturated heterocycles. The Kier molecular flexibility index (Phi) is 5.16. The monoisotopic (exact) mass is 253 g/mol. The Morgan fingerprint density at radius 3 is 2.94 bits per heavy atom. The van der Waals surface area contributed by atoms with Crippen LogP contribution in [0.4, 0.5) is 5.82 Å². The van der Waals surface area contributed by atoms with Gasteiger partial charge in [-0.1, -0.05) is 24.9 Å². The maximum Gasteiger partial charge on any atom is 0.225 e. The summed E-state index contributed by atoms with van der Waals surface area (Å²) < 4.78 is 1.48. The van der Waals surface area contributed by atoms with E-state index in [1.165, 1.54) is 10.9 Å². The molecule has 0 atom stereocenters. The van der Waals surface area contributed by atoms with Crippen LogP contribution in [-0.4, -0.2) is 26.7 Å². The molecule has 0 bridgehead atoms. The van der Waals surface area contributed by atoms with Gasteiger partial charge >= 0.3 is 0 Å². The topological polar surface area (TPSA) is 106 Å². The van der Waals surface area contributed by atoms with Crippen LogP contribution < -0.4 is 11.1 Å². The summed E-state index contributed by atoms with van der Waals surface area (Å²) in [6, 6.07) is 0. The number of oxime groups is 1. The summed E-state index contributed by atoms with van der Waals surface area (Å²) in [6.45, 7) is 2.08. The van der Waals surface area contributed by atoms with E-state index < -0.39 is 0 Å². The van der Waals surface area contributed by atoms with Gasteiger partial charge in [0.25, 0.3) is 0 Å². The minimum Gasteiger partial charge on any atom is -0.409 e. The number of amidine groups is 1. The number of aromatic nitrogens is 2. The third-order valence-electron chi connectivity index (χ3n) is 2.59. The molecule has 1 heterocycles. The molecule has 0 unspecified atom stereocenters. The van der Waals surface area contributed by atoms with Crippen molar-refractivity contribution in [2.24, 2.45) is 17.9 Å². The molecule has 1 aromatic heterocycles. The van der Waals surface area contributed by atoms with Crippen molar-refractivity contribution in [3.63, 3.8) is 0 Å². The average molecular weight is 253 g/mol. The van der Waals surface area contributed by atoms with Crippen LogP contribution in [0.2, 0.25) is 0 Å². The number of carbonyl (C=O) groups excluding carboxylic acids is 1. The second-order valence-electron chi connectivity index (χ2n) is 4.02. The first-order valence-electron chi connectivity index (χ1n) is 5.89. The number of aryl methyl sites for hydroxylation is 1. The molecule has 0 radical (unpaired) electrons. The highest BCUT2D eigenvalue weighted by Gasteiger charge is 2.14. The molecule has 1 amide bonds. The SMILES string of the molecule is CCCCCC(=O)Nc1c(C(N)=NO)cnn1C. The molecule has 7 heteroatoms. The molecule has 0 aliphatic carbocycles. The van der Waals surface area contributed by atoms with Gasteiger partial charge in [-0.2, -0.15) is 5.10 Å². The summed E-state index contributed by atoms with van der Waals surface area (Å²) >= 11 is 0. The van der Waals surface area contributed by atoms with E-state index in [0.29, 0.717) is 17.8 Å². The maximum atomic E-state index is 11.7. The van der Waals surface area contributed by atoms with Gasteiger partial charge in [-0.05, 0) is 6.42 Å². The lowest BCUT2D eigenvalue weighted by Crippen LogP contribution is -2.19.